The molecular formula is C29H31ClN8O4S. The maximum Gasteiger partial charge on any atom is 0.285 e. The molecule has 2 fully saturated rings. The summed E-state index contributed by atoms with van der Waals surface area (Å²) in [5.41, 5.74) is 3.83. The number of rotatable bonds is 7. The Morgan fingerprint density at radius 1 is 1.16 bits per heavy atom. The monoisotopic (exact) mass is 622 g/mol. The average Bonchev–Trinajstić information content (AvgIpc) is 3.51. The maximum absolute atomic E-state index is 13.7. The van der Waals surface area contributed by atoms with Gasteiger partial charge in [0.05, 0.1) is 40.3 Å². The molecule has 1 saturated heterocycles. The number of carbonyl (C=O) groups excluding carboxylic acids is 1. The van der Waals surface area contributed by atoms with Crippen molar-refractivity contribution in [3.05, 3.63) is 80.4 Å². The molecule has 224 valence electrons. The quantitative estimate of drug-likeness (QED) is 0.294. The molecule has 1 aliphatic carbocycles. The summed E-state index contributed by atoms with van der Waals surface area (Å²) in [5, 5.41) is 3.76. The number of anilines is 2. The molecule has 2 N–H and O–H groups in total. The van der Waals surface area contributed by atoms with Crippen LogP contribution in [-0.4, -0.2) is 58.2 Å². The molecule has 12 nitrogen and oxygen atoms in total. The van der Waals surface area contributed by atoms with Gasteiger partial charge in [-0.05, 0) is 56.9 Å². The Morgan fingerprint density at radius 2 is 1.93 bits per heavy atom. The second-order valence-corrected chi connectivity index (χ2v) is 13.7. The molecule has 4 heterocycles. The number of piperidine rings is 1. The second-order valence-electron chi connectivity index (χ2n) is 11.6. The lowest BCUT2D eigenvalue weighted by molar-refractivity contribution is 0.0977. The van der Waals surface area contributed by atoms with Gasteiger partial charge in [0.25, 0.3) is 11.5 Å². The third-order valence-corrected chi connectivity index (χ3v) is 9.01. The van der Waals surface area contributed by atoms with Crippen LogP contribution in [-0.2, 0) is 22.5 Å². The number of halogens is 1. The summed E-state index contributed by atoms with van der Waals surface area (Å²) in [5.74, 6) is 0.0646. The van der Waals surface area contributed by atoms with E-state index < -0.39 is 22.0 Å². The van der Waals surface area contributed by atoms with Gasteiger partial charge in [-0.15, -0.1) is 0 Å². The van der Waals surface area contributed by atoms with Gasteiger partial charge in [0.1, 0.15) is 5.15 Å². The summed E-state index contributed by atoms with van der Waals surface area (Å²) in [6.45, 7) is 7.13. The van der Waals surface area contributed by atoms with Crippen LogP contribution in [0.4, 0.5) is 11.6 Å². The van der Waals surface area contributed by atoms with Crippen molar-refractivity contribution < 1.29 is 13.2 Å². The smallest absolute Gasteiger partial charge is 0.285 e. The molecule has 2 aliphatic rings. The Labute approximate surface area is 253 Å². The molecule has 43 heavy (non-hydrogen) atoms. The first kappa shape index (κ1) is 29.0. The minimum Gasteiger partial charge on any atom is -0.377 e. The number of amides is 1. The Bertz CT molecular complexity index is 1960. The van der Waals surface area contributed by atoms with E-state index in [9.17, 15) is 18.0 Å². The van der Waals surface area contributed by atoms with Gasteiger partial charge in [-0.3, -0.25) is 24.1 Å². The fraction of sp³-hybridized carbons (Fsp3) is 0.379. The topological polar surface area (TPSA) is 152 Å². The van der Waals surface area contributed by atoms with E-state index in [1.54, 1.807) is 23.9 Å². The lowest BCUT2D eigenvalue weighted by Crippen LogP contribution is -2.33. The number of hydrogen-bond acceptors (Lipinski definition) is 10. The number of carbonyl (C=O) groups is 1. The van der Waals surface area contributed by atoms with Crippen LogP contribution in [0.15, 0.2) is 41.5 Å². The summed E-state index contributed by atoms with van der Waals surface area (Å²) in [7, 11) is -2.09. The van der Waals surface area contributed by atoms with E-state index in [2.05, 4.69) is 25.2 Å². The van der Waals surface area contributed by atoms with E-state index in [1.807, 2.05) is 43.8 Å². The van der Waals surface area contributed by atoms with Crippen molar-refractivity contribution >= 4 is 50.1 Å². The Hall–Kier alpha value is -4.10. The van der Waals surface area contributed by atoms with E-state index in [0.29, 0.717) is 29.3 Å². The zero-order valence-electron chi connectivity index (χ0n) is 24.3. The summed E-state index contributed by atoms with van der Waals surface area (Å²) in [6.07, 6.45) is 5.56. The third kappa shape index (κ3) is 5.31. The second kappa shape index (κ2) is 10.3. The highest BCUT2D eigenvalue weighted by Gasteiger charge is 2.62. The summed E-state index contributed by atoms with van der Waals surface area (Å²) >= 11 is 6.04. The van der Waals surface area contributed by atoms with Crippen molar-refractivity contribution in [3.63, 3.8) is 0 Å². The van der Waals surface area contributed by atoms with Crippen LogP contribution in [0.3, 0.4) is 0 Å². The normalized spacial score (nSPS) is 20.1. The Balaban J connectivity index is 1.37. The van der Waals surface area contributed by atoms with Crippen LogP contribution >= 0.6 is 11.6 Å². The van der Waals surface area contributed by atoms with Crippen LogP contribution in [0.1, 0.15) is 52.4 Å². The van der Waals surface area contributed by atoms with Crippen molar-refractivity contribution in [3.8, 4) is 0 Å². The van der Waals surface area contributed by atoms with Gasteiger partial charge < -0.3 is 10.2 Å². The highest BCUT2D eigenvalue weighted by atomic mass is 35.5. The number of sulfonamides is 1. The molecule has 3 atom stereocenters. The van der Waals surface area contributed by atoms with Gasteiger partial charge in [-0.25, -0.2) is 23.1 Å². The number of benzene rings is 1. The molecular weight excluding hydrogens is 592 g/mol. The molecule has 1 aromatic carbocycles. The predicted octanol–water partition coefficient (Wildman–Crippen LogP) is 3.03. The largest absolute Gasteiger partial charge is 0.377 e. The van der Waals surface area contributed by atoms with Gasteiger partial charge in [-0.2, -0.15) is 0 Å². The summed E-state index contributed by atoms with van der Waals surface area (Å²) in [6, 6.07) is 6.37. The first-order valence-corrected chi connectivity index (χ1v) is 16.0. The molecule has 4 aromatic rings. The number of pyridine rings is 1. The Kier molecular flexibility index (Phi) is 6.92. The SMILES string of the molecule is Cc1cc([C@@H](C)Nc2ccc(Cl)nc2C(=O)NS(C)(=O)=O)c2nc(N3C[C@H]4C[C@@]4(c4cnc(C)cn4)C3)n(C)c(=O)c2c1. The summed E-state index contributed by atoms with van der Waals surface area (Å²) in [4.78, 5) is 46.8. The van der Waals surface area contributed by atoms with Gasteiger partial charge in [-0.1, -0.05) is 17.7 Å². The van der Waals surface area contributed by atoms with Gasteiger partial charge >= 0.3 is 0 Å². The fourth-order valence-corrected chi connectivity index (χ4v) is 6.67. The third-order valence-electron chi connectivity index (χ3n) is 8.24. The molecule has 1 aliphatic heterocycles. The standard InChI is InChI=1S/C29H31ClN8O4S/c1-15-8-19(17(3)33-21-6-7-23(30)34-25(21)26(39)36-43(5,41)42)24-20(9-15)27(40)37(4)28(35-24)38-13-18-10-29(18,14-38)22-12-31-16(2)11-32-22/h6-9,11-12,17-18,33H,10,13-14H2,1-5H3,(H,36,39)/t17-,18-,29-/m1/s1. The van der Waals surface area contributed by atoms with E-state index in [4.69, 9.17) is 16.6 Å². The Morgan fingerprint density at radius 3 is 2.63 bits per heavy atom. The molecule has 0 radical (unpaired) electrons. The average molecular weight is 623 g/mol. The first-order valence-electron chi connectivity index (χ1n) is 13.8. The lowest BCUT2D eigenvalue weighted by atomic mass is 10.0. The highest BCUT2D eigenvalue weighted by molar-refractivity contribution is 7.89. The molecule has 0 unspecified atom stereocenters. The van der Waals surface area contributed by atoms with Crippen molar-refractivity contribution in [2.45, 2.75) is 38.6 Å². The van der Waals surface area contributed by atoms with E-state index in [-0.39, 0.29) is 27.5 Å². The molecule has 14 heteroatoms. The van der Waals surface area contributed by atoms with Crippen molar-refractivity contribution in [2.75, 3.05) is 29.6 Å². The van der Waals surface area contributed by atoms with E-state index >= 15 is 0 Å². The molecule has 1 saturated carbocycles. The van der Waals surface area contributed by atoms with Gasteiger partial charge in [0, 0.05) is 43.5 Å². The first-order chi connectivity index (χ1) is 20.3. The lowest BCUT2D eigenvalue weighted by Gasteiger charge is -2.25. The number of nitrogens with one attached hydrogen (secondary N) is 2. The van der Waals surface area contributed by atoms with Crippen molar-refractivity contribution in [2.24, 2.45) is 13.0 Å². The van der Waals surface area contributed by atoms with E-state index in [1.165, 1.54) is 6.07 Å². The molecule has 6 rings (SSSR count). The van der Waals surface area contributed by atoms with Crippen LogP contribution in [0.25, 0.3) is 10.9 Å². The number of hydrogen-bond donors (Lipinski definition) is 2. The molecule has 1 amide bonds. The van der Waals surface area contributed by atoms with E-state index in [0.717, 1.165) is 41.7 Å². The maximum atomic E-state index is 13.7. The molecule has 0 spiro atoms. The van der Waals surface area contributed by atoms with Crippen molar-refractivity contribution in [1.82, 2.24) is 29.2 Å². The minimum atomic E-state index is -3.83. The molecule has 0 bridgehead atoms. The fourth-order valence-electron chi connectivity index (χ4n) is 6.09. The number of nitrogens with zero attached hydrogens (tertiary/aromatic N) is 6. The van der Waals surface area contributed by atoms with Crippen LogP contribution in [0, 0.1) is 19.8 Å². The zero-order valence-corrected chi connectivity index (χ0v) is 25.9. The zero-order chi connectivity index (χ0) is 30.8. The number of aromatic nitrogens is 5. The predicted molar refractivity (Wildman–Crippen MR) is 164 cm³/mol. The van der Waals surface area contributed by atoms with Gasteiger partial charge in [0.2, 0.25) is 16.0 Å². The highest BCUT2D eigenvalue weighted by Crippen LogP contribution is 2.58. The minimum absolute atomic E-state index is 0.0331. The van der Waals surface area contributed by atoms with Crippen molar-refractivity contribution in [1.29, 1.82) is 0 Å². The van der Waals surface area contributed by atoms with Crippen LogP contribution in [0.5, 0.6) is 0 Å². The molecule has 3 aromatic heterocycles. The van der Waals surface area contributed by atoms with Crippen LogP contribution in [0.2, 0.25) is 5.15 Å². The number of fused-ring (bicyclic) bond motifs is 2. The van der Waals surface area contributed by atoms with Crippen LogP contribution < -0.4 is 20.5 Å². The summed E-state index contributed by atoms with van der Waals surface area (Å²) < 4.78 is 27.0. The number of aryl methyl sites for hydroxylation is 2. The van der Waals surface area contributed by atoms with Gasteiger partial charge in [0.15, 0.2) is 5.69 Å².